The van der Waals surface area contributed by atoms with Crippen LogP contribution in [0.25, 0.3) is 0 Å². The molecule has 3 rings (SSSR count). The SMILES string of the molecule is COC(=O)C(CC1CCCc2scnc21)NC(=O)C(N)CC1CC1.Cl. The lowest BCUT2D eigenvalue weighted by Gasteiger charge is -2.26. The van der Waals surface area contributed by atoms with Gasteiger partial charge in [-0.2, -0.15) is 0 Å². The molecular weight excluding hydrogens is 362 g/mol. The van der Waals surface area contributed by atoms with E-state index in [1.807, 2.05) is 5.51 Å². The monoisotopic (exact) mass is 387 g/mol. The third-order valence-electron chi connectivity index (χ3n) is 4.96. The Morgan fingerprint density at radius 2 is 2.16 bits per heavy atom. The third-order valence-corrected chi connectivity index (χ3v) is 5.87. The van der Waals surface area contributed by atoms with Gasteiger partial charge < -0.3 is 15.8 Å². The van der Waals surface area contributed by atoms with E-state index >= 15 is 0 Å². The molecule has 3 N–H and O–H groups in total. The summed E-state index contributed by atoms with van der Waals surface area (Å²) in [5, 5.41) is 2.81. The van der Waals surface area contributed by atoms with Crippen molar-refractivity contribution in [1.82, 2.24) is 10.3 Å². The first kappa shape index (κ1) is 20.1. The number of methoxy groups -OCH3 is 1. The van der Waals surface area contributed by atoms with E-state index in [1.54, 1.807) is 11.3 Å². The molecule has 1 aromatic rings. The number of amides is 1. The van der Waals surface area contributed by atoms with Crippen molar-refractivity contribution in [2.75, 3.05) is 7.11 Å². The summed E-state index contributed by atoms with van der Waals surface area (Å²) in [4.78, 5) is 30.2. The Morgan fingerprint density at radius 3 is 2.84 bits per heavy atom. The van der Waals surface area contributed by atoms with Crippen molar-refractivity contribution in [1.29, 1.82) is 0 Å². The van der Waals surface area contributed by atoms with Gasteiger partial charge in [0.2, 0.25) is 5.91 Å². The normalized spacial score (nSPS) is 21.4. The van der Waals surface area contributed by atoms with Crippen LogP contribution in [0.2, 0.25) is 0 Å². The Morgan fingerprint density at radius 1 is 1.40 bits per heavy atom. The number of hydrogen-bond acceptors (Lipinski definition) is 6. The van der Waals surface area contributed by atoms with Crippen molar-refractivity contribution in [3.63, 3.8) is 0 Å². The molecule has 0 aliphatic heterocycles. The first-order valence-electron chi connectivity index (χ1n) is 8.64. The molecule has 0 saturated heterocycles. The molecule has 140 valence electrons. The van der Waals surface area contributed by atoms with Gasteiger partial charge in [0.1, 0.15) is 6.04 Å². The van der Waals surface area contributed by atoms with Crippen LogP contribution in [0.15, 0.2) is 5.51 Å². The first-order valence-corrected chi connectivity index (χ1v) is 9.52. The summed E-state index contributed by atoms with van der Waals surface area (Å²) in [6, 6.07) is -1.21. The molecular formula is C17H26ClN3O3S. The van der Waals surface area contributed by atoms with Gasteiger partial charge >= 0.3 is 5.97 Å². The van der Waals surface area contributed by atoms with Crippen LogP contribution in [0, 0.1) is 5.92 Å². The number of carbonyl (C=O) groups excluding carboxylic acids is 2. The van der Waals surface area contributed by atoms with Gasteiger partial charge in [-0.3, -0.25) is 4.79 Å². The molecule has 1 amide bonds. The first-order chi connectivity index (χ1) is 11.6. The van der Waals surface area contributed by atoms with E-state index in [0.717, 1.165) is 37.8 Å². The highest BCUT2D eigenvalue weighted by Crippen LogP contribution is 2.36. The van der Waals surface area contributed by atoms with E-state index in [-0.39, 0.29) is 24.2 Å². The second-order valence-electron chi connectivity index (χ2n) is 6.86. The highest BCUT2D eigenvalue weighted by molar-refractivity contribution is 7.09. The number of halogens is 1. The van der Waals surface area contributed by atoms with Crippen LogP contribution in [0.5, 0.6) is 0 Å². The summed E-state index contributed by atoms with van der Waals surface area (Å²) in [5.41, 5.74) is 8.91. The number of thiazole rings is 1. The molecule has 8 heteroatoms. The predicted molar refractivity (Wildman–Crippen MR) is 98.9 cm³/mol. The fraction of sp³-hybridized carbons (Fsp3) is 0.706. The molecule has 2 aliphatic carbocycles. The molecule has 6 nitrogen and oxygen atoms in total. The summed E-state index contributed by atoms with van der Waals surface area (Å²) < 4.78 is 4.89. The van der Waals surface area contributed by atoms with Crippen molar-refractivity contribution in [2.45, 2.75) is 62.9 Å². The van der Waals surface area contributed by atoms with E-state index in [1.165, 1.54) is 12.0 Å². The van der Waals surface area contributed by atoms with Gasteiger partial charge in [-0.1, -0.05) is 12.8 Å². The van der Waals surface area contributed by atoms with Crippen LogP contribution in [0.3, 0.4) is 0 Å². The number of fused-ring (bicyclic) bond motifs is 1. The molecule has 0 spiro atoms. The van der Waals surface area contributed by atoms with E-state index < -0.39 is 18.1 Å². The van der Waals surface area contributed by atoms with Crippen LogP contribution in [0.4, 0.5) is 0 Å². The summed E-state index contributed by atoms with van der Waals surface area (Å²) >= 11 is 1.67. The minimum absolute atomic E-state index is 0. The Balaban J connectivity index is 0.00000225. The predicted octanol–water partition coefficient (Wildman–Crippen LogP) is 2.16. The van der Waals surface area contributed by atoms with Crippen LogP contribution >= 0.6 is 23.7 Å². The average molecular weight is 388 g/mol. The molecule has 25 heavy (non-hydrogen) atoms. The largest absolute Gasteiger partial charge is 0.467 e. The van der Waals surface area contributed by atoms with Gasteiger partial charge in [-0.05, 0) is 38.0 Å². The zero-order valence-electron chi connectivity index (χ0n) is 14.4. The molecule has 3 unspecified atom stereocenters. The standard InChI is InChI=1S/C17H25N3O3S.ClH/c1-23-17(22)13(20-16(21)12(18)7-10-5-6-10)8-11-3-2-4-14-15(11)19-9-24-14;/h9-13H,2-8,18H2,1H3,(H,20,21);1H. The second-order valence-corrected chi connectivity index (χ2v) is 7.79. The van der Waals surface area contributed by atoms with Crippen molar-refractivity contribution in [2.24, 2.45) is 11.7 Å². The summed E-state index contributed by atoms with van der Waals surface area (Å²) in [6.07, 6.45) is 6.63. The average Bonchev–Trinajstić information content (AvgIpc) is 3.25. The molecule has 1 fully saturated rings. The number of esters is 1. The fourth-order valence-corrected chi connectivity index (χ4v) is 4.31. The molecule has 0 radical (unpaired) electrons. The van der Waals surface area contributed by atoms with Crippen LogP contribution < -0.4 is 11.1 Å². The summed E-state index contributed by atoms with van der Waals surface area (Å²) in [5.74, 6) is 0.0817. The van der Waals surface area contributed by atoms with Crippen LogP contribution in [-0.2, 0) is 20.7 Å². The lowest BCUT2D eigenvalue weighted by Crippen LogP contribution is -2.49. The van der Waals surface area contributed by atoms with Gasteiger partial charge in [-0.25, -0.2) is 9.78 Å². The van der Waals surface area contributed by atoms with Gasteiger partial charge in [0.15, 0.2) is 0 Å². The quantitative estimate of drug-likeness (QED) is 0.699. The highest BCUT2D eigenvalue weighted by Gasteiger charge is 2.33. The Bertz CT molecular complexity index is 606. The van der Waals surface area contributed by atoms with E-state index in [4.69, 9.17) is 10.5 Å². The van der Waals surface area contributed by atoms with E-state index in [0.29, 0.717) is 18.8 Å². The van der Waals surface area contributed by atoms with Gasteiger partial charge in [0, 0.05) is 10.8 Å². The van der Waals surface area contributed by atoms with Crippen LogP contribution in [-0.4, -0.2) is 36.1 Å². The third kappa shape index (κ3) is 5.15. The molecule has 1 saturated carbocycles. The number of nitrogens with one attached hydrogen (secondary N) is 1. The number of nitrogens with two attached hydrogens (primary N) is 1. The van der Waals surface area contributed by atoms with Gasteiger partial charge in [0.05, 0.1) is 24.4 Å². The molecule has 1 aromatic heterocycles. The van der Waals surface area contributed by atoms with Crippen LogP contribution in [0.1, 0.15) is 55.0 Å². The van der Waals surface area contributed by atoms with E-state index in [2.05, 4.69) is 10.3 Å². The van der Waals surface area contributed by atoms with Crippen molar-refractivity contribution in [3.05, 3.63) is 16.1 Å². The van der Waals surface area contributed by atoms with Gasteiger partial charge in [-0.15, -0.1) is 23.7 Å². The lowest BCUT2D eigenvalue weighted by molar-refractivity contribution is -0.145. The number of nitrogens with zero attached hydrogens (tertiary/aromatic N) is 1. The maximum Gasteiger partial charge on any atom is 0.328 e. The molecule has 2 aliphatic rings. The lowest BCUT2D eigenvalue weighted by atomic mass is 9.86. The zero-order chi connectivity index (χ0) is 17.1. The smallest absolute Gasteiger partial charge is 0.328 e. The molecule has 1 heterocycles. The second kappa shape index (κ2) is 8.96. The van der Waals surface area contributed by atoms with Crippen molar-refractivity contribution >= 4 is 35.6 Å². The molecule has 3 atom stereocenters. The minimum Gasteiger partial charge on any atom is -0.467 e. The maximum absolute atomic E-state index is 12.3. The number of hydrogen-bond donors (Lipinski definition) is 2. The van der Waals surface area contributed by atoms with Gasteiger partial charge in [0.25, 0.3) is 0 Å². The molecule has 0 bridgehead atoms. The molecule has 0 aromatic carbocycles. The number of aromatic nitrogens is 1. The zero-order valence-corrected chi connectivity index (χ0v) is 16.0. The topological polar surface area (TPSA) is 94.3 Å². The summed E-state index contributed by atoms with van der Waals surface area (Å²) in [7, 11) is 1.35. The Kier molecular flexibility index (Phi) is 7.22. The van der Waals surface area contributed by atoms with Crippen molar-refractivity contribution in [3.8, 4) is 0 Å². The maximum atomic E-state index is 12.3. The Hall–Kier alpha value is -1.18. The number of ether oxygens (including phenoxy) is 1. The summed E-state index contributed by atoms with van der Waals surface area (Å²) in [6.45, 7) is 0. The fourth-order valence-electron chi connectivity index (χ4n) is 3.41. The number of rotatable bonds is 7. The minimum atomic E-state index is -0.662. The number of aryl methyl sites for hydroxylation is 1. The van der Waals surface area contributed by atoms with E-state index in [9.17, 15) is 9.59 Å². The Labute approximate surface area is 158 Å². The van der Waals surface area contributed by atoms with Crippen molar-refractivity contribution < 1.29 is 14.3 Å². The highest BCUT2D eigenvalue weighted by atomic mass is 35.5. The number of carbonyl (C=O) groups is 2.